The standard InChI is InChI=1S/C18H24N4O3S/c1-4-21(5-2)11-10-19-12-15-16(23)20-18(26)22(17(15)24)13-6-8-14(25-3)9-7-13/h6-9,12,15H,4-5,10-11H2,1-3H3,(H,20,23,26). The lowest BCUT2D eigenvalue weighted by Crippen LogP contribution is -2.58. The second-order valence-electron chi connectivity index (χ2n) is 5.73. The van der Waals surface area contributed by atoms with Gasteiger partial charge in [0.15, 0.2) is 11.0 Å². The minimum absolute atomic E-state index is 0.0676. The number of amides is 2. The van der Waals surface area contributed by atoms with Crippen molar-refractivity contribution in [3.05, 3.63) is 24.3 Å². The van der Waals surface area contributed by atoms with E-state index in [0.29, 0.717) is 18.0 Å². The first kappa shape index (κ1) is 20.0. The Morgan fingerprint density at radius 2 is 1.92 bits per heavy atom. The van der Waals surface area contributed by atoms with Gasteiger partial charge in [0.1, 0.15) is 5.75 Å². The number of anilines is 1. The summed E-state index contributed by atoms with van der Waals surface area (Å²) in [6.45, 7) is 7.36. The molecule has 1 N–H and O–H groups in total. The summed E-state index contributed by atoms with van der Waals surface area (Å²) in [5.74, 6) is -1.17. The second kappa shape index (κ2) is 9.40. The van der Waals surface area contributed by atoms with Gasteiger partial charge in [-0.25, -0.2) is 0 Å². The van der Waals surface area contributed by atoms with E-state index in [2.05, 4.69) is 29.1 Å². The zero-order valence-electron chi connectivity index (χ0n) is 15.3. The van der Waals surface area contributed by atoms with Crippen molar-refractivity contribution in [1.29, 1.82) is 0 Å². The average Bonchev–Trinajstić information content (AvgIpc) is 2.64. The first-order valence-electron chi connectivity index (χ1n) is 8.56. The van der Waals surface area contributed by atoms with Crippen LogP contribution in [0, 0.1) is 5.92 Å². The monoisotopic (exact) mass is 376 g/mol. The number of benzene rings is 1. The molecule has 7 nitrogen and oxygen atoms in total. The van der Waals surface area contributed by atoms with Crippen LogP contribution in [-0.2, 0) is 9.59 Å². The van der Waals surface area contributed by atoms with Crippen molar-refractivity contribution in [2.75, 3.05) is 38.2 Å². The zero-order valence-corrected chi connectivity index (χ0v) is 16.1. The highest BCUT2D eigenvalue weighted by molar-refractivity contribution is 7.80. The fourth-order valence-corrected chi connectivity index (χ4v) is 2.91. The highest BCUT2D eigenvalue weighted by Crippen LogP contribution is 2.23. The van der Waals surface area contributed by atoms with Gasteiger partial charge in [-0.3, -0.25) is 19.5 Å². The number of carbonyl (C=O) groups is 2. The van der Waals surface area contributed by atoms with Crippen LogP contribution in [0.25, 0.3) is 0 Å². The smallest absolute Gasteiger partial charge is 0.251 e. The van der Waals surface area contributed by atoms with Crippen molar-refractivity contribution in [3.63, 3.8) is 0 Å². The number of rotatable bonds is 8. The molecule has 26 heavy (non-hydrogen) atoms. The van der Waals surface area contributed by atoms with Crippen LogP contribution in [0.3, 0.4) is 0 Å². The van der Waals surface area contributed by atoms with Crippen LogP contribution in [-0.4, -0.2) is 61.3 Å². The lowest BCUT2D eigenvalue weighted by Gasteiger charge is -2.31. The van der Waals surface area contributed by atoms with Gasteiger partial charge in [0, 0.05) is 12.8 Å². The predicted octanol–water partition coefficient (Wildman–Crippen LogP) is 1.47. The molecule has 2 rings (SSSR count). The summed E-state index contributed by atoms with van der Waals surface area (Å²) >= 11 is 5.17. The number of aliphatic imine (C=N–C) groups is 1. The number of hydrogen-bond acceptors (Lipinski definition) is 6. The third kappa shape index (κ3) is 4.64. The molecule has 1 unspecified atom stereocenters. The topological polar surface area (TPSA) is 74.2 Å². The maximum atomic E-state index is 12.8. The van der Waals surface area contributed by atoms with Crippen molar-refractivity contribution in [3.8, 4) is 5.75 Å². The van der Waals surface area contributed by atoms with Gasteiger partial charge in [0.05, 0.1) is 19.3 Å². The third-order valence-corrected chi connectivity index (χ3v) is 4.51. The SMILES string of the molecule is CCN(CC)CCN=CC1C(=O)NC(=S)N(c2ccc(OC)cc2)C1=O. The van der Waals surface area contributed by atoms with Crippen LogP contribution in [0.5, 0.6) is 5.75 Å². The Hall–Kier alpha value is -2.32. The maximum absolute atomic E-state index is 12.8. The molecule has 0 spiro atoms. The van der Waals surface area contributed by atoms with Crippen LogP contribution in [0.2, 0.25) is 0 Å². The molecular formula is C18H24N4O3S. The third-order valence-electron chi connectivity index (χ3n) is 4.23. The molecule has 1 aliphatic heterocycles. The molecule has 0 aliphatic carbocycles. The van der Waals surface area contributed by atoms with E-state index >= 15 is 0 Å². The molecule has 1 aromatic rings. The van der Waals surface area contributed by atoms with E-state index in [4.69, 9.17) is 17.0 Å². The summed E-state index contributed by atoms with van der Waals surface area (Å²) in [4.78, 5) is 32.8. The number of nitrogens with one attached hydrogen (secondary N) is 1. The number of thiocarbonyl (C=S) groups is 1. The Bertz CT molecular complexity index is 686. The molecule has 1 aliphatic rings. The normalized spacial score (nSPS) is 17.9. The van der Waals surface area contributed by atoms with E-state index in [1.807, 2.05) is 0 Å². The lowest BCUT2D eigenvalue weighted by molar-refractivity contribution is -0.130. The average molecular weight is 376 g/mol. The second-order valence-corrected chi connectivity index (χ2v) is 6.11. The molecule has 1 saturated heterocycles. The molecule has 1 aromatic carbocycles. The molecule has 1 atom stereocenters. The molecule has 0 radical (unpaired) electrons. The Labute approximate surface area is 159 Å². The summed E-state index contributed by atoms with van der Waals surface area (Å²) < 4.78 is 5.12. The summed E-state index contributed by atoms with van der Waals surface area (Å²) in [5.41, 5.74) is 0.572. The van der Waals surface area contributed by atoms with E-state index in [0.717, 1.165) is 19.6 Å². The van der Waals surface area contributed by atoms with E-state index in [1.54, 1.807) is 31.4 Å². The van der Waals surface area contributed by atoms with Crippen molar-refractivity contribution in [2.45, 2.75) is 13.8 Å². The largest absolute Gasteiger partial charge is 0.497 e. The quantitative estimate of drug-likeness (QED) is 0.423. The Morgan fingerprint density at radius 1 is 1.27 bits per heavy atom. The van der Waals surface area contributed by atoms with Crippen molar-refractivity contribution < 1.29 is 14.3 Å². The van der Waals surface area contributed by atoms with Crippen LogP contribution in [0.4, 0.5) is 5.69 Å². The van der Waals surface area contributed by atoms with Gasteiger partial charge in [-0.2, -0.15) is 0 Å². The molecule has 0 bridgehead atoms. The number of ether oxygens (including phenoxy) is 1. The Balaban J connectivity index is 2.11. The van der Waals surface area contributed by atoms with Gasteiger partial charge in [-0.1, -0.05) is 13.8 Å². The number of hydrogen-bond donors (Lipinski definition) is 1. The molecule has 1 fully saturated rings. The van der Waals surface area contributed by atoms with Crippen molar-refractivity contribution in [2.24, 2.45) is 10.9 Å². The van der Waals surface area contributed by atoms with Gasteiger partial charge in [-0.05, 0) is 49.6 Å². The molecule has 0 aromatic heterocycles. The highest BCUT2D eigenvalue weighted by atomic mass is 32.1. The first-order chi connectivity index (χ1) is 12.5. The number of methoxy groups -OCH3 is 1. The van der Waals surface area contributed by atoms with E-state index < -0.39 is 17.7 Å². The van der Waals surface area contributed by atoms with Gasteiger partial charge < -0.3 is 15.0 Å². The zero-order chi connectivity index (χ0) is 19.1. The van der Waals surface area contributed by atoms with Crippen molar-refractivity contribution >= 4 is 41.0 Å². The summed E-state index contributed by atoms with van der Waals surface area (Å²) in [6, 6.07) is 6.90. The van der Waals surface area contributed by atoms with E-state index in [1.165, 1.54) is 11.1 Å². The Kier molecular flexibility index (Phi) is 7.23. The van der Waals surface area contributed by atoms with Crippen LogP contribution < -0.4 is 15.0 Å². The number of nitrogens with zero attached hydrogens (tertiary/aromatic N) is 3. The Morgan fingerprint density at radius 3 is 2.50 bits per heavy atom. The molecule has 140 valence electrons. The molecule has 8 heteroatoms. The highest BCUT2D eigenvalue weighted by Gasteiger charge is 2.38. The minimum Gasteiger partial charge on any atom is -0.497 e. The maximum Gasteiger partial charge on any atom is 0.251 e. The van der Waals surface area contributed by atoms with Gasteiger partial charge in [0.25, 0.3) is 5.91 Å². The van der Waals surface area contributed by atoms with Crippen LogP contribution >= 0.6 is 12.2 Å². The van der Waals surface area contributed by atoms with Crippen LogP contribution in [0.1, 0.15) is 13.8 Å². The molecule has 0 saturated carbocycles. The molecule has 2 amide bonds. The number of carbonyl (C=O) groups excluding carboxylic acids is 2. The molecular weight excluding hydrogens is 352 g/mol. The fourth-order valence-electron chi connectivity index (χ4n) is 2.62. The van der Waals surface area contributed by atoms with Crippen molar-refractivity contribution in [1.82, 2.24) is 10.2 Å². The van der Waals surface area contributed by atoms with Crippen LogP contribution in [0.15, 0.2) is 29.3 Å². The number of likely N-dealkylation sites (N-methyl/N-ethyl adjacent to an activating group) is 1. The predicted molar refractivity (Wildman–Crippen MR) is 106 cm³/mol. The summed E-state index contributed by atoms with van der Waals surface area (Å²) in [6.07, 6.45) is 1.42. The minimum atomic E-state index is -0.986. The van der Waals surface area contributed by atoms with Gasteiger partial charge in [0.2, 0.25) is 5.91 Å². The lowest BCUT2D eigenvalue weighted by atomic mass is 10.1. The van der Waals surface area contributed by atoms with Gasteiger partial charge >= 0.3 is 0 Å². The van der Waals surface area contributed by atoms with Gasteiger partial charge in [-0.15, -0.1) is 0 Å². The summed E-state index contributed by atoms with van der Waals surface area (Å²) in [5, 5.41) is 2.64. The van der Waals surface area contributed by atoms with E-state index in [9.17, 15) is 9.59 Å². The first-order valence-corrected chi connectivity index (χ1v) is 8.97. The molecule has 1 heterocycles. The van der Waals surface area contributed by atoms with E-state index in [-0.39, 0.29) is 5.11 Å². The fraction of sp³-hybridized carbons (Fsp3) is 0.444. The summed E-state index contributed by atoms with van der Waals surface area (Å²) in [7, 11) is 1.57.